The highest BCUT2D eigenvalue weighted by atomic mass is 19.4. The summed E-state index contributed by atoms with van der Waals surface area (Å²) in [4.78, 5) is 1.99. The summed E-state index contributed by atoms with van der Waals surface area (Å²) in [6, 6.07) is 5.15. The van der Waals surface area contributed by atoms with Crippen molar-refractivity contribution in [1.29, 1.82) is 0 Å². The minimum atomic E-state index is -4.35. The second-order valence-electron chi connectivity index (χ2n) is 6.98. The zero-order valence-corrected chi connectivity index (χ0v) is 13.7. The fourth-order valence-electron chi connectivity index (χ4n) is 2.86. The quantitative estimate of drug-likeness (QED) is 0.914. The second kappa shape index (κ2) is 6.79. The molecule has 0 aliphatic carbocycles. The summed E-state index contributed by atoms with van der Waals surface area (Å²) >= 11 is 0. The Kier molecular flexibility index (Phi) is 5.38. The van der Waals surface area contributed by atoms with Gasteiger partial charge in [-0.1, -0.05) is 12.1 Å². The number of alkyl halides is 3. The van der Waals surface area contributed by atoms with Crippen molar-refractivity contribution in [1.82, 2.24) is 4.90 Å². The SMILES string of the molecule is CC(C)(C)OCCN1CC(O)CC1c1cccc(C(F)(F)F)c1. The van der Waals surface area contributed by atoms with Crippen LogP contribution in [0.5, 0.6) is 0 Å². The van der Waals surface area contributed by atoms with Crippen molar-refractivity contribution in [3.05, 3.63) is 35.4 Å². The summed E-state index contributed by atoms with van der Waals surface area (Å²) in [7, 11) is 0. The molecule has 0 bridgehead atoms. The molecule has 1 aromatic carbocycles. The van der Waals surface area contributed by atoms with Gasteiger partial charge in [0.2, 0.25) is 0 Å². The Morgan fingerprint density at radius 1 is 1.26 bits per heavy atom. The molecule has 6 heteroatoms. The number of rotatable bonds is 4. The number of halogens is 3. The topological polar surface area (TPSA) is 32.7 Å². The van der Waals surface area contributed by atoms with Gasteiger partial charge in [0.05, 0.1) is 23.9 Å². The molecular formula is C17H24F3NO2. The van der Waals surface area contributed by atoms with Gasteiger partial charge in [-0.25, -0.2) is 0 Å². The summed E-state index contributed by atoms with van der Waals surface area (Å²) < 4.78 is 44.3. The van der Waals surface area contributed by atoms with Crippen LogP contribution in [0.2, 0.25) is 0 Å². The van der Waals surface area contributed by atoms with E-state index in [1.165, 1.54) is 12.1 Å². The molecule has 0 saturated carbocycles. The van der Waals surface area contributed by atoms with Crippen LogP contribution < -0.4 is 0 Å². The summed E-state index contributed by atoms with van der Waals surface area (Å²) in [6.07, 6.45) is -4.44. The number of benzene rings is 1. The number of hydrogen-bond acceptors (Lipinski definition) is 3. The van der Waals surface area contributed by atoms with E-state index in [0.717, 1.165) is 6.07 Å². The van der Waals surface area contributed by atoms with Crippen LogP contribution in [0, 0.1) is 0 Å². The van der Waals surface area contributed by atoms with Crippen molar-refractivity contribution in [3.63, 3.8) is 0 Å². The monoisotopic (exact) mass is 331 g/mol. The first-order chi connectivity index (χ1) is 10.6. The Bertz CT molecular complexity index is 525. The van der Waals surface area contributed by atoms with Gasteiger partial charge in [0, 0.05) is 19.1 Å². The molecule has 0 aromatic heterocycles. The molecular weight excluding hydrogens is 307 g/mol. The molecule has 2 unspecified atom stereocenters. The third-order valence-electron chi connectivity index (χ3n) is 3.89. The number of aliphatic hydroxyl groups is 1. The van der Waals surface area contributed by atoms with Crippen LogP contribution in [0.4, 0.5) is 13.2 Å². The van der Waals surface area contributed by atoms with E-state index in [4.69, 9.17) is 4.74 Å². The predicted octanol–water partition coefficient (Wildman–Crippen LogP) is 3.63. The molecule has 1 fully saturated rings. The first kappa shape index (κ1) is 18.2. The lowest BCUT2D eigenvalue weighted by atomic mass is 10.0. The van der Waals surface area contributed by atoms with E-state index in [9.17, 15) is 18.3 Å². The standard InChI is InChI=1S/C17H24F3NO2/c1-16(2,3)23-8-7-21-11-14(22)10-15(21)12-5-4-6-13(9-12)17(18,19)20/h4-6,9,14-15,22H,7-8,10-11H2,1-3H3. The van der Waals surface area contributed by atoms with Crippen LogP contribution in [0.15, 0.2) is 24.3 Å². The van der Waals surface area contributed by atoms with Crippen LogP contribution in [0.1, 0.15) is 44.4 Å². The maximum Gasteiger partial charge on any atom is 0.416 e. The molecule has 1 saturated heterocycles. The van der Waals surface area contributed by atoms with Gasteiger partial charge >= 0.3 is 6.18 Å². The second-order valence-corrected chi connectivity index (χ2v) is 6.98. The zero-order valence-electron chi connectivity index (χ0n) is 13.7. The minimum Gasteiger partial charge on any atom is -0.392 e. The third-order valence-corrected chi connectivity index (χ3v) is 3.89. The highest BCUT2D eigenvalue weighted by molar-refractivity contribution is 5.29. The molecule has 130 valence electrons. The Morgan fingerprint density at radius 2 is 1.96 bits per heavy atom. The zero-order chi connectivity index (χ0) is 17.3. The number of aliphatic hydroxyl groups excluding tert-OH is 1. The average Bonchev–Trinajstić information content (AvgIpc) is 2.78. The number of ether oxygens (including phenoxy) is 1. The molecule has 2 atom stereocenters. The van der Waals surface area contributed by atoms with Crippen molar-refractivity contribution in [2.75, 3.05) is 19.7 Å². The number of likely N-dealkylation sites (tertiary alicyclic amines) is 1. The van der Waals surface area contributed by atoms with Gasteiger partial charge in [-0.15, -0.1) is 0 Å². The van der Waals surface area contributed by atoms with Crippen LogP contribution in [-0.2, 0) is 10.9 Å². The van der Waals surface area contributed by atoms with Gasteiger partial charge < -0.3 is 9.84 Å². The Labute approximate surface area is 135 Å². The highest BCUT2D eigenvalue weighted by Crippen LogP contribution is 2.36. The van der Waals surface area contributed by atoms with Crippen molar-refractivity contribution in [2.45, 2.75) is 51.1 Å². The Hall–Kier alpha value is -1.11. The summed E-state index contributed by atoms with van der Waals surface area (Å²) in [5.74, 6) is 0. The molecule has 1 heterocycles. The number of nitrogens with zero attached hydrogens (tertiary/aromatic N) is 1. The van der Waals surface area contributed by atoms with Crippen LogP contribution in [-0.4, -0.2) is 41.4 Å². The molecule has 0 spiro atoms. The van der Waals surface area contributed by atoms with Crippen molar-refractivity contribution in [3.8, 4) is 0 Å². The van der Waals surface area contributed by atoms with Crippen LogP contribution >= 0.6 is 0 Å². The van der Waals surface area contributed by atoms with Crippen molar-refractivity contribution >= 4 is 0 Å². The van der Waals surface area contributed by atoms with Crippen molar-refractivity contribution in [2.24, 2.45) is 0 Å². The maximum atomic E-state index is 12.9. The predicted molar refractivity (Wildman–Crippen MR) is 82.1 cm³/mol. The Morgan fingerprint density at radius 3 is 2.57 bits per heavy atom. The lowest BCUT2D eigenvalue weighted by Crippen LogP contribution is -2.31. The van der Waals surface area contributed by atoms with E-state index in [2.05, 4.69) is 0 Å². The van der Waals surface area contributed by atoms with Crippen LogP contribution in [0.3, 0.4) is 0 Å². The minimum absolute atomic E-state index is 0.212. The van der Waals surface area contributed by atoms with Gasteiger partial charge in [-0.2, -0.15) is 13.2 Å². The third kappa shape index (κ3) is 5.19. The van der Waals surface area contributed by atoms with Gasteiger partial charge in [0.15, 0.2) is 0 Å². The van der Waals surface area contributed by atoms with E-state index < -0.39 is 17.8 Å². The smallest absolute Gasteiger partial charge is 0.392 e. The van der Waals surface area contributed by atoms with Gasteiger partial charge in [0.25, 0.3) is 0 Å². The van der Waals surface area contributed by atoms with Gasteiger partial charge in [-0.05, 0) is 44.9 Å². The van der Waals surface area contributed by atoms with E-state index in [-0.39, 0.29) is 11.6 Å². The average molecular weight is 331 g/mol. The molecule has 1 aromatic rings. The normalized spacial score (nSPS) is 23.4. The summed E-state index contributed by atoms with van der Waals surface area (Å²) in [5, 5.41) is 9.91. The lowest BCUT2D eigenvalue weighted by Gasteiger charge is -2.27. The molecule has 1 N–H and O–H groups in total. The first-order valence-electron chi connectivity index (χ1n) is 7.79. The van der Waals surface area contributed by atoms with E-state index in [1.807, 2.05) is 25.7 Å². The van der Waals surface area contributed by atoms with E-state index in [0.29, 0.717) is 31.7 Å². The maximum absolute atomic E-state index is 12.9. The number of hydrogen-bond donors (Lipinski definition) is 1. The molecule has 23 heavy (non-hydrogen) atoms. The summed E-state index contributed by atoms with van der Waals surface area (Å²) in [6.45, 7) is 7.37. The fourth-order valence-corrected chi connectivity index (χ4v) is 2.86. The highest BCUT2D eigenvalue weighted by Gasteiger charge is 2.35. The van der Waals surface area contributed by atoms with Gasteiger partial charge in [0.1, 0.15) is 0 Å². The largest absolute Gasteiger partial charge is 0.416 e. The fraction of sp³-hybridized carbons (Fsp3) is 0.647. The molecule has 0 radical (unpaired) electrons. The van der Waals surface area contributed by atoms with Crippen molar-refractivity contribution < 1.29 is 23.0 Å². The molecule has 1 aliphatic heterocycles. The summed E-state index contributed by atoms with van der Waals surface area (Å²) in [5.41, 5.74) is -0.321. The molecule has 3 nitrogen and oxygen atoms in total. The number of β-amino-alcohol motifs (C(OH)–C–C–N with tert-alkyl or cyclic N) is 1. The first-order valence-corrected chi connectivity index (χ1v) is 7.79. The van der Waals surface area contributed by atoms with E-state index in [1.54, 1.807) is 6.07 Å². The lowest BCUT2D eigenvalue weighted by molar-refractivity contribution is -0.137. The molecule has 0 amide bonds. The molecule has 2 rings (SSSR count). The van der Waals surface area contributed by atoms with Gasteiger partial charge in [-0.3, -0.25) is 4.90 Å². The van der Waals surface area contributed by atoms with Crippen LogP contribution in [0.25, 0.3) is 0 Å². The Balaban J connectivity index is 2.10. The molecule has 1 aliphatic rings. The van der Waals surface area contributed by atoms with E-state index >= 15 is 0 Å².